The maximum atomic E-state index is 12.9. The normalized spacial score (nSPS) is 11.2. The second kappa shape index (κ2) is 7.40. The predicted molar refractivity (Wildman–Crippen MR) is 111 cm³/mol. The van der Waals surface area contributed by atoms with Crippen LogP contribution in [0, 0.1) is 0 Å². The van der Waals surface area contributed by atoms with Gasteiger partial charge < -0.3 is 4.52 Å². The average molecular weight is 398 g/mol. The monoisotopic (exact) mass is 398 g/mol. The molecule has 0 atom stereocenters. The Bertz CT molecular complexity index is 1370. The smallest absolute Gasteiger partial charge is 0.264 e. The van der Waals surface area contributed by atoms with E-state index in [1.54, 1.807) is 4.68 Å². The van der Waals surface area contributed by atoms with Gasteiger partial charge in [0.1, 0.15) is 18.3 Å². The molecule has 0 radical (unpaired) electrons. The summed E-state index contributed by atoms with van der Waals surface area (Å²) in [6.45, 7) is 2.24. The molecule has 0 fully saturated rings. The number of fused-ring (bicyclic) bond motifs is 1. The molecular formula is C22H18N6O2. The Hall–Kier alpha value is -4.07. The Morgan fingerprint density at radius 2 is 1.83 bits per heavy atom. The number of rotatable bonds is 5. The summed E-state index contributed by atoms with van der Waals surface area (Å²) in [5.41, 5.74) is 3.24. The topological polar surface area (TPSA) is 91.6 Å². The highest BCUT2D eigenvalue weighted by Gasteiger charge is 2.14. The van der Waals surface area contributed by atoms with E-state index in [2.05, 4.69) is 27.1 Å². The summed E-state index contributed by atoms with van der Waals surface area (Å²) in [5, 5.41) is 8.79. The third kappa shape index (κ3) is 3.18. The zero-order chi connectivity index (χ0) is 20.5. The zero-order valence-electron chi connectivity index (χ0n) is 16.3. The van der Waals surface area contributed by atoms with Crippen LogP contribution in [0.4, 0.5) is 0 Å². The second-order valence-electron chi connectivity index (χ2n) is 6.87. The summed E-state index contributed by atoms with van der Waals surface area (Å²) in [6, 6.07) is 17.6. The minimum absolute atomic E-state index is 0.137. The molecule has 0 saturated carbocycles. The SMILES string of the molecule is CCc1ccc(-n2ncc3c(=O)n(Cc4nc(-c5ccccc5)no4)cnc32)cc1. The average Bonchev–Trinajstić information content (AvgIpc) is 3.44. The van der Waals surface area contributed by atoms with Gasteiger partial charge in [-0.25, -0.2) is 9.67 Å². The van der Waals surface area contributed by atoms with Crippen molar-refractivity contribution >= 4 is 11.0 Å². The van der Waals surface area contributed by atoms with E-state index in [1.165, 1.54) is 22.7 Å². The van der Waals surface area contributed by atoms with Crippen LogP contribution in [0.5, 0.6) is 0 Å². The van der Waals surface area contributed by atoms with Gasteiger partial charge in [0.25, 0.3) is 5.56 Å². The van der Waals surface area contributed by atoms with E-state index in [-0.39, 0.29) is 12.1 Å². The van der Waals surface area contributed by atoms with Gasteiger partial charge in [-0.15, -0.1) is 0 Å². The van der Waals surface area contributed by atoms with Gasteiger partial charge in [0.05, 0.1) is 11.9 Å². The first-order valence-corrected chi connectivity index (χ1v) is 9.63. The molecule has 0 aliphatic rings. The van der Waals surface area contributed by atoms with Gasteiger partial charge in [0, 0.05) is 5.56 Å². The third-order valence-electron chi connectivity index (χ3n) is 4.95. The highest BCUT2D eigenvalue weighted by atomic mass is 16.5. The highest BCUT2D eigenvalue weighted by molar-refractivity contribution is 5.74. The lowest BCUT2D eigenvalue weighted by molar-refractivity contribution is 0.369. The van der Waals surface area contributed by atoms with Gasteiger partial charge in [0.15, 0.2) is 5.65 Å². The number of hydrogen-bond acceptors (Lipinski definition) is 6. The van der Waals surface area contributed by atoms with Crippen molar-refractivity contribution in [2.75, 3.05) is 0 Å². The van der Waals surface area contributed by atoms with Gasteiger partial charge in [-0.3, -0.25) is 9.36 Å². The molecule has 0 saturated heterocycles. The van der Waals surface area contributed by atoms with E-state index < -0.39 is 0 Å². The van der Waals surface area contributed by atoms with Crippen molar-refractivity contribution in [2.45, 2.75) is 19.9 Å². The first kappa shape index (κ1) is 18.0. The van der Waals surface area contributed by atoms with E-state index in [0.717, 1.165) is 17.7 Å². The molecule has 0 bridgehead atoms. The maximum absolute atomic E-state index is 12.9. The van der Waals surface area contributed by atoms with Crippen LogP contribution in [0.15, 0.2) is 76.4 Å². The van der Waals surface area contributed by atoms with Gasteiger partial charge in [-0.2, -0.15) is 10.1 Å². The first-order chi connectivity index (χ1) is 14.7. The lowest BCUT2D eigenvalue weighted by Gasteiger charge is -2.05. The Morgan fingerprint density at radius 3 is 2.60 bits per heavy atom. The molecule has 0 spiro atoms. The molecule has 148 valence electrons. The van der Waals surface area contributed by atoms with E-state index >= 15 is 0 Å². The lowest BCUT2D eigenvalue weighted by atomic mass is 10.1. The van der Waals surface area contributed by atoms with Gasteiger partial charge in [-0.05, 0) is 24.1 Å². The predicted octanol–water partition coefficient (Wildman–Crippen LogP) is 3.24. The maximum Gasteiger partial charge on any atom is 0.264 e. The van der Waals surface area contributed by atoms with Crippen molar-refractivity contribution in [1.82, 2.24) is 29.5 Å². The third-order valence-corrected chi connectivity index (χ3v) is 4.95. The molecule has 2 aromatic carbocycles. The minimum Gasteiger partial charge on any atom is -0.337 e. The molecule has 5 rings (SSSR count). The van der Waals surface area contributed by atoms with Crippen molar-refractivity contribution in [3.05, 3.63) is 88.9 Å². The summed E-state index contributed by atoms with van der Waals surface area (Å²) in [7, 11) is 0. The van der Waals surface area contributed by atoms with Gasteiger partial charge in [0.2, 0.25) is 11.7 Å². The van der Waals surface area contributed by atoms with Crippen LogP contribution in [-0.2, 0) is 13.0 Å². The van der Waals surface area contributed by atoms with E-state index in [4.69, 9.17) is 4.52 Å². The fourth-order valence-electron chi connectivity index (χ4n) is 3.29. The number of nitrogens with zero attached hydrogens (tertiary/aromatic N) is 6. The second-order valence-corrected chi connectivity index (χ2v) is 6.87. The number of aromatic nitrogens is 6. The first-order valence-electron chi connectivity index (χ1n) is 9.63. The molecule has 30 heavy (non-hydrogen) atoms. The molecule has 0 unspecified atom stereocenters. The molecule has 3 heterocycles. The number of hydrogen-bond donors (Lipinski definition) is 0. The summed E-state index contributed by atoms with van der Waals surface area (Å²) in [6.07, 6.45) is 3.98. The standard InChI is InChI=1S/C22H18N6O2/c1-2-15-8-10-17(11-9-15)28-21-18(12-24-28)22(29)27(14-23-21)13-19-25-20(26-30-19)16-6-4-3-5-7-16/h3-12,14H,2,13H2,1H3. The Labute approximate surface area is 171 Å². The molecule has 8 nitrogen and oxygen atoms in total. The molecule has 5 aromatic rings. The van der Waals surface area contributed by atoms with E-state index in [9.17, 15) is 4.79 Å². The molecular weight excluding hydrogens is 380 g/mol. The van der Waals surface area contributed by atoms with Crippen LogP contribution >= 0.6 is 0 Å². The summed E-state index contributed by atoms with van der Waals surface area (Å²) in [5.74, 6) is 0.815. The molecule has 3 aromatic heterocycles. The Balaban J connectivity index is 1.46. The number of benzene rings is 2. The molecule has 0 aliphatic carbocycles. The quantitative estimate of drug-likeness (QED) is 0.451. The lowest BCUT2D eigenvalue weighted by Crippen LogP contribution is -2.21. The molecule has 0 N–H and O–H groups in total. The molecule has 8 heteroatoms. The van der Waals surface area contributed by atoms with Crippen molar-refractivity contribution in [3.63, 3.8) is 0 Å². The fourth-order valence-corrected chi connectivity index (χ4v) is 3.29. The van der Waals surface area contributed by atoms with Crippen LogP contribution in [-0.4, -0.2) is 29.5 Å². The fraction of sp³-hybridized carbons (Fsp3) is 0.136. The van der Waals surface area contributed by atoms with Crippen LogP contribution in [0.2, 0.25) is 0 Å². The van der Waals surface area contributed by atoms with Crippen molar-refractivity contribution in [2.24, 2.45) is 0 Å². The van der Waals surface area contributed by atoms with E-state index in [0.29, 0.717) is 22.7 Å². The van der Waals surface area contributed by atoms with Crippen molar-refractivity contribution < 1.29 is 4.52 Å². The van der Waals surface area contributed by atoms with Crippen LogP contribution in [0.25, 0.3) is 28.1 Å². The van der Waals surface area contributed by atoms with Gasteiger partial charge in [-0.1, -0.05) is 54.5 Å². The van der Waals surface area contributed by atoms with Crippen LogP contribution < -0.4 is 5.56 Å². The van der Waals surface area contributed by atoms with Crippen LogP contribution in [0.3, 0.4) is 0 Å². The highest BCUT2D eigenvalue weighted by Crippen LogP contribution is 2.17. The Morgan fingerprint density at radius 1 is 1.03 bits per heavy atom. The van der Waals surface area contributed by atoms with Crippen LogP contribution in [0.1, 0.15) is 18.4 Å². The summed E-state index contributed by atoms with van der Waals surface area (Å²) < 4.78 is 8.43. The summed E-state index contributed by atoms with van der Waals surface area (Å²) in [4.78, 5) is 21.8. The Kier molecular flexibility index (Phi) is 4.44. The van der Waals surface area contributed by atoms with Crippen molar-refractivity contribution in [3.8, 4) is 17.1 Å². The van der Waals surface area contributed by atoms with Gasteiger partial charge >= 0.3 is 0 Å². The zero-order valence-corrected chi connectivity index (χ0v) is 16.3. The largest absolute Gasteiger partial charge is 0.337 e. The van der Waals surface area contributed by atoms with E-state index in [1.807, 2.05) is 54.6 Å². The number of aryl methyl sites for hydroxylation is 1. The van der Waals surface area contributed by atoms with Crippen molar-refractivity contribution in [1.29, 1.82) is 0 Å². The molecule has 0 aliphatic heterocycles. The molecule has 0 amide bonds. The summed E-state index contributed by atoms with van der Waals surface area (Å²) >= 11 is 0. The minimum atomic E-state index is -0.212.